The van der Waals surface area contributed by atoms with Gasteiger partial charge in [0, 0.05) is 19.1 Å². The van der Waals surface area contributed by atoms with Gasteiger partial charge in [0.1, 0.15) is 11.6 Å². The molecule has 0 atom stereocenters. The molecule has 0 radical (unpaired) electrons. The molecule has 0 saturated carbocycles. The van der Waals surface area contributed by atoms with Crippen LogP contribution in [0.4, 0.5) is 0 Å². The molecule has 5 nitrogen and oxygen atoms in total. The van der Waals surface area contributed by atoms with Gasteiger partial charge in [-0.3, -0.25) is 9.59 Å². The van der Waals surface area contributed by atoms with Crippen molar-refractivity contribution in [1.82, 2.24) is 10.2 Å². The maximum atomic E-state index is 12.1. The van der Waals surface area contributed by atoms with Crippen LogP contribution in [0, 0.1) is 6.92 Å². The van der Waals surface area contributed by atoms with Crippen LogP contribution in [-0.4, -0.2) is 48.3 Å². The lowest BCUT2D eigenvalue weighted by molar-refractivity contribution is -0.134. The molecule has 0 spiro atoms. The Balaban J connectivity index is 1.73. The highest BCUT2D eigenvalue weighted by molar-refractivity contribution is 6.27. The van der Waals surface area contributed by atoms with Crippen molar-refractivity contribution in [3.05, 3.63) is 29.8 Å². The highest BCUT2D eigenvalue weighted by Crippen LogP contribution is 2.13. The highest BCUT2D eigenvalue weighted by Gasteiger charge is 2.23. The number of nitrogens with zero attached hydrogens (tertiary/aromatic N) is 1. The molecular weight excluding hydrogens is 304 g/mol. The summed E-state index contributed by atoms with van der Waals surface area (Å²) in [5.41, 5.74) is 1.15. The van der Waals surface area contributed by atoms with E-state index in [1.165, 1.54) is 0 Å². The Hall–Kier alpha value is -1.75. The second-order valence-corrected chi connectivity index (χ2v) is 5.73. The fraction of sp³-hybridized carbons (Fsp3) is 0.500. The largest absolute Gasteiger partial charge is 0.484 e. The van der Waals surface area contributed by atoms with Crippen LogP contribution in [0.3, 0.4) is 0 Å². The Bertz CT molecular complexity index is 511. The van der Waals surface area contributed by atoms with Gasteiger partial charge < -0.3 is 15.0 Å². The third kappa shape index (κ3) is 4.91. The van der Waals surface area contributed by atoms with E-state index in [0.29, 0.717) is 18.8 Å². The van der Waals surface area contributed by atoms with E-state index < -0.39 is 0 Å². The molecule has 1 fully saturated rings. The van der Waals surface area contributed by atoms with Gasteiger partial charge in [-0.1, -0.05) is 17.7 Å². The Kier molecular flexibility index (Phi) is 6.07. The van der Waals surface area contributed by atoms with Crippen molar-refractivity contribution in [3.8, 4) is 5.75 Å². The first-order valence-electron chi connectivity index (χ1n) is 7.41. The van der Waals surface area contributed by atoms with Crippen molar-refractivity contribution in [2.45, 2.75) is 25.8 Å². The van der Waals surface area contributed by atoms with Gasteiger partial charge >= 0.3 is 0 Å². The number of carbonyl (C=O) groups excluding carboxylic acids is 2. The zero-order valence-corrected chi connectivity index (χ0v) is 13.4. The molecule has 120 valence electrons. The number of halogens is 1. The van der Waals surface area contributed by atoms with E-state index in [0.717, 1.165) is 18.4 Å². The standard InChI is InChI=1S/C16H21ClN2O3/c1-12-2-4-14(5-3-12)22-11-16(21)19-8-6-13(7-9-19)18-15(20)10-17/h2-5,13H,6-11H2,1H3,(H,18,20). The number of carbonyl (C=O) groups is 2. The van der Waals surface area contributed by atoms with Crippen LogP contribution in [-0.2, 0) is 9.59 Å². The average molecular weight is 325 g/mol. The molecule has 2 amide bonds. The first-order chi connectivity index (χ1) is 10.6. The number of alkyl halides is 1. The number of benzene rings is 1. The zero-order chi connectivity index (χ0) is 15.9. The average Bonchev–Trinajstić information content (AvgIpc) is 2.54. The van der Waals surface area contributed by atoms with E-state index in [1.54, 1.807) is 4.90 Å². The zero-order valence-electron chi connectivity index (χ0n) is 12.7. The summed E-state index contributed by atoms with van der Waals surface area (Å²) in [4.78, 5) is 25.1. The van der Waals surface area contributed by atoms with E-state index in [4.69, 9.17) is 16.3 Å². The van der Waals surface area contributed by atoms with Crippen LogP contribution in [0.5, 0.6) is 5.75 Å². The summed E-state index contributed by atoms with van der Waals surface area (Å²) in [5, 5.41) is 2.85. The molecule has 0 unspecified atom stereocenters. The van der Waals surface area contributed by atoms with E-state index in [9.17, 15) is 9.59 Å². The molecule has 2 rings (SSSR count). The molecular formula is C16H21ClN2O3. The van der Waals surface area contributed by atoms with Crippen LogP contribution in [0.25, 0.3) is 0 Å². The van der Waals surface area contributed by atoms with Crippen molar-refractivity contribution in [3.63, 3.8) is 0 Å². The van der Waals surface area contributed by atoms with E-state index in [1.807, 2.05) is 31.2 Å². The van der Waals surface area contributed by atoms with Crippen molar-refractivity contribution < 1.29 is 14.3 Å². The molecule has 1 aromatic carbocycles. The van der Waals surface area contributed by atoms with Crippen molar-refractivity contribution in [2.24, 2.45) is 0 Å². The van der Waals surface area contributed by atoms with Gasteiger partial charge in [-0.15, -0.1) is 11.6 Å². The summed E-state index contributed by atoms with van der Waals surface area (Å²) in [5.74, 6) is 0.490. The second kappa shape index (κ2) is 8.03. The fourth-order valence-corrected chi connectivity index (χ4v) is 2.49. The van der Waals surface area contributed by atoms with E-state index >= 15 is 0 Å². The normalized spacial score (nSPS) is 15.5. The Morgan fingerprint density at radius 3 is 2.50 bits per heavy atom. The lowest BCUT2D eigenvalue weighted by Gasteiger charge is -2.32. The smallest absolute Gasteiger partial charge is 0.260 e. The Morgan fingerprint density at radius 1 is 1.27 bits per heavy atom. The van der Waals surface area contributed by atoms with Crippen LogP contribution in [0.15, 0.2) is 24.3 Å². The third-order valence-electron chi connectivity index (χ3n) is 3.72. The van der Waals surface area contributed by atoms with Gasteiger partial charge in [0.05, 0.1) is 0 Å². The second-order valence-electron chi connectivity index (χ2n) is 5.46. The van der Waals surface area contributed by atoms with Gasteiger partial charge in [0.15, 0.2) is 6.61 Å². The number of amides is 2. The van der Waals surface area contributed by atoms with E-state index in [-0.39, 0.29) is 30.3 Å². The molecule has 1 aromatic rings. The number of rotatable bonds is 5. The number of aryl methyl sites for hydroxylation is 1. The predicted molar refractivity (Wildman–Crippen MR) is 85.1 cm³/mol. The summed E-state index contributed by atoms with van der Waals surface area (Å²) in [6.45, 7) is 3.30. The minimum absolute atomic E-state index is 0.0243. The molecule has 0 bridgehead atoms. The van der Waals surface area contributed by atoms with Crippen LogP contribution in [0.2, 0.25) is 0 Å². The van der Waals surface area contributed by atoms with E-state index in [2.05, 4.69) is 5.32 Å². The number of nitrogens with one attached hydrogen (secondary N) is 1. The topological polar surface area (TPSA) is 58.6 Å². The molecule has 1 saturated heterocycles. The number of ether oxygens (including phenoxy) is 1. The van der Waals surface area contributed by atoms with Crippen molar-refractivity contribution in [1.29, 1.82) is 0 Å². The van der Waals surface area contributed by atoms with Crippen molar-refractivity contribution in [2.75, 3.05) is 25.6 Å². The summed E-state index contributed by atoms with van der Waals surface area (Å²) in [7, 11) is 0. The van der Waals surface area contributed by atoms with Gasteiger partial charge in [0.25, 0.3) is 5.91 Å². The molecule has 1 heterocycles. The molecule has 0 aliphatic carbocycles. The maximum absolute atomic E-state index is 12.1. The molecule has 1 aliphatic heterocycles. The summed E-state index contributed by atoms with van der Waals surface area (Å²) < 4.78 is 5.51. The number of likely N-dealkylation sites (tertiary alicyclic amines) is 1. The van der Waals surface area contributed by atoms with Crippen LogP contribution >= 0.6 is 11.6 Å². The molecule has 1 N–H and O–H groups in total. The quantitative estimate of drug-likeness (QED) is 0.839. The van der Waals surface area contributed by atoms with Crippen LogP contribution < -0.4 is 10.1 Å². The lowest BCUT2D eigenvalue weighted by Crippen LogP contribution is -2.47. The first-order valence-corrected chi connectivity index (χ1v) is 7.94. The summed E-state index contributed by atoms with van der Waals surface area (Å²) >= 11 is 5.47. The monoisotopic (exact) mass is 324 g/mol. The lowest BCUT2D eigenvalue weighted by atomic mass is 10.1. The van der Waals surface area contributed by atoms with Crippen LogP contribution in [0.1, 0.15) is 18.4 Å². The third-order valence-corrected chi connectivity index (χ3v) is 3.96. The maximum Gasteiger partial charge on any atom is 0.260 e. The molecule has 0 aromatic heterocycles. The summed E-state index contributed by atoms with van der Waals surface area (Å²) in [6.07, 6.45) is 1.50. The minimum atomic E-state index is -0.158. The number of piperidine rings is 1. The number of hydrogen-bond donors (Lipinski definition) is 1. The molecule has 22 heavy (non-hydrogen) atoms. The fourth-order valence-electron chi connectivity index (χ4n) is 2.41. The highest BCUT2D eigenvalue weighted by atomic mass is 35.5. The minimum Gasteiger partial charge on any atom is -0.484 e. The first kappa shape index (κ1) is 16.6. The van der Waals surface area contributed by atoms with Crippen molar-refractivity contribution >= 4 is 23.4 Å². The Morgan fingerprint density at radius 2 is 1.91 bits per heavy atom. The van der Waals surface area contributed by atoms with Gasteiger partial charge in [0.2, 0.25) is 5.91 Å². The molecule has 1 aliphatic rings. The Labute approximate surface area is 135 Å². The number of hydrogen-bond acceptors (Lipinski definition) is 3. The molecule has 6 heteroatoms. The predicted octanol–water partition coefficient (Wildman–Crippen LogP) is 1.72. The summed E-state index contributed by atoms with van der Waals surface area (Å²) in [6, 6.07) is 7.72. The van der Waals surface area contributed by atoms with Gasteiger partial charge in [-0.05, 0) is 31.9 Å². The van der Waals surface area contributed by atoms with Gasteiger partial charge in [-0.2, -0.15) is 0 Å². The van der Waals surface area contributed by atoms with Gasteiger partial charge in [-0.25, -0.2) is 0 Å². The SMILES string of the molecule is Cc1ccc(OCC(=O)N2CCC(NC(=O)CCl)CC2)cc1.